The minimum absolute atomic E-state index is 0. The van der Waals surface area contributed by atoms with Gasteiger partial charge in [0.25, 0.3) is 0 Å². The maximum Gasteiger partial charge on any atom is 0.0274 e. The number of hydrogen-bond donors (Lipinski definition) is 1. The predicted molar refractivity (Wildman–Crippen MR) is 85.0 cm³/mol. The fourth-order valence-corrected chi connectivity index (χ4v) is 3.81. The van der Waals surface area contributed by atoms with Crippen LogP contribution in [0.4, 0.5) is 0 Å². The minimum Gasteiger partial charge on any atom is -0.674 e. The maximum absolute atomic E-state index is 8.73. The second kappa shape index (κ2) is 10.6. The first kappa shape index (κ1) is 20.9. The summed E-state index contributed by atoms with van der Waals surface area (Å²) in [5.41, 5.74) is 9.78. The third kappa shape index (κ3) is 6.37. The van der Waals surface area contributed by atoms with Gasteiger partial charge in [-0.25, -0.2) is 0 Å². The third-order valence-corrected chi connectivity index (χ3v) is 4.57. The van der Waals surface area contributed by atoms with E-state index in [0.717, 1.165) is 11.6 Å². The Hall–Kier alpha value is 0.942. The Morgan fingerprint density at radius 1 is 1.25 bits per heavy atom. The molecule has 0 heterocycles. The van der Waals surface area contributed by atoms with Gasteiger partial charge in [0.05, 0.1) is 0 Å². The van der Waals surface area contributed by atoms with Gasteiger partial charge < -0.3 is 11.1 Å². The van der Waals surface area contributed by atoms with Gasteiger partial charge in [-0.3, -0.25) is 0 Å². The van der Waals surface area contributed by atoms with Crippen LogP contribution in [0.15, 0.2) is 12.3 Å². The van der Waals surface area contributed by atoms with Gasteiger partial charge in [0, 0.05) is 55.8 Å². The molecule has 0 aromatic rings. The van der Waals surface area contributed by atoms with Crippen molar-refractivity contribution in [2.75, 3.05) is 0 Å². The van der Waals surface area contributed by atoms with Gasteiger partial charge >= 0.3 is 0 Å². The molecule has 4 atom stereocenters. The average molecular weight is 492 g/mol. The second-order valence-electron chi connectivity index (χ2n) is 6.63. The van der Waals surface area contributed by atoms with Crippen molar-refractivity contribution in [3.63, 3.8) is 0 Å². The first-order chi connectivity index (χ1) is 8.99. The quantitative estimate of drug-likeness (QED) is 0.499. The zero-order valence-electron chi connectivity index (χ0n) is 13.9. The molecule has 1 fully saturated rings. The molecule has 115 valence electrons. The van der Waals surface area contributed by atoms with E-state index in [1.807, 2.05) is 6.92 Å². The normalized spacial score (nSPS) is 27.2. The number of nitrogens with one attached hydrogen (secondary N) is 2. The van der Waals surface area contributed by atoms with Crippen LogP contribution < -0.4 is 5.32 Å². The summed E-state index contributed by atoms with van der Waals surface area (Å²) in [5, 5.41) is 3.53. The van der Waals surface area contributed by atoms with Crippen molar-refractivity contribution in [1.82, 2.24) is 5.32 Å². The molecule has 2 nitrogen and oxygen atoms in total. The Morgan fingerprint density at radius 2 is 1.80 bits per heavy atom. The molecule has 0 aromatic heterocycles. The zero-order chi connectivity index (χ0) is 14.4. The van der Waals surface area contributed by atoms with Crippen LogP contribution in [0.25, 0.3) is 5.73 Å². The van der Waals surface area contributed by atoms with Gasteiger partial charge in [0.2, 0.25) is 0 Å². The van der Waals surface area contributed by atoms with Crippen LogP contribution in [-0.4, -0.2) is 12.1 Å². The van der Waals surface area contributed by atoms with E-state index >= 15 is 0 Å². The number of hydrogen-bond acceptors (Lipinski definition) is 1. The van der Waals surface area contributed by atoms with Crippen LogP contribution in [-0.2, 0) is 0 Å². The van der Waals surface area contributed by atoms with Crippen LogP contribution in [0.2, 0.25) is 0 Å². The van der Waals surface area contributed by atoms with Gasteiger partial charge in [0.1, 0.15) is 0 Å². The fourth-order valence-electron chi connectivity index (χ4n) is 3.81. The monoisotopic (exact) mass is 492 g/mol. The SMILES string of the molecule is C=C(C)N[C@@H]1C[C@H](C)C[C@H]1C([NH-])C(CCC)CCC.[Ac]. The molecule has 1 saturated carbocycles. The predicted octanol–water partition coefficient (Wildman–Crippen LogP) is 5.16. The topological polar surface area (TPSA) is 35.8 Å². The van der Waals surface area contributed by atoms with Gasteiger partial charge in [-0.15, -0.1) is 6.04 Å². The number of allylic oxidation sites excluding steroid dienone is 1. The van der Waals surface area contributed by atoms with E-state index in [1.165, 1.54) is 38.5 Å². The molecule has 0 aliphatic heterocycles. The Labute approximate surface area is 162 Å². The number of rotatable bonds is 8. The molecule has 1 radical (unpaired) electrons. The largest absolute Gasteiger partial charge is 0.674 e. The summed E-state index contributed by atoms with van der Waals surface area (Å²) in [6.07, 6.45) is 7.27. The Morgan fingerprint density at radius 3 is 2.25 bits per heavy atom. The molecule has 0 aromatic carbocycles. The van der Waals surface area contributed by atoms with Crippen LogP contribution in [0.1, 0.15) is 66.2 Å². The molecule has 2 N–H and O–H groups in total. The summed E-state index contributed by atoms with van der Waals surface area (Å²) in [6, 6.07) is 0.577. The summed E-state index contributed by atoms with van der Waals surface area (Å²) in [6.45, 7) is 12.8. The molecular formula is C17H33AcN2-. The summed E-state index contributed by atoms with van der Waals surface area (Å²) in [4.78, 5) is 0. The Balaban J connectivity index is 0.00000361. The molecule has 0 bridgehead atoms. The van der Waals surface area contributed by atoms with Crippen LogP contribution >= 0.6 is 0 Å². The Bertz CT molecular complexity index is 274. The minimum atomic E-state index is 0. The molecule has 0 amide bonds. The van der Waals surface area contributed by atoms with Crippen molar-refractivity contribution < 1.29 is 44.1 Å². The summed E-state index contributed by atoms with van der Waals surface area (Å²) in [7, 11) is 0. The first-order valence-corrected chi connectivity index (χ1v) is 8.12. The standard InChI is InChI=1S/C17H33N2.Ac/c1-6-8-14(9-7-2)17(18)15-10-13(5)11-16(15)19-12(3)4;/h13-19H,3,6-11H2,1-2,4-5H3;/q-1;/t13-,15-,16-,17?;/m1./s1. The Kier molecular flexibility index (Phi) is 11.1. The van der Waals surface area contributed by atoms with Crippen molar-refractivity contribution >= 4 is 0 Å². The fraction of sp³-hybridized carbons (Fsp3) is 0.882. The molecule has 20 heavy (non-hydrogen) atoms. The van der Waals surface area contributed by atoms with E-state index < -0.39 is 0 Å². The van der Waals surface area contributed by atoms with Gasteiger partial charge in [-0.2, -0.15) is 0 Å². The van der Waals surface area contributed by atoms with E-state index in [0.29, 0.717) is 17.9 Å². The molecule has 1 aliphatic rings. The summed E-state index contributed by atoms with van der Waals surface area (Å²) in [5.74, 6) is 1.84. The van der Waals surface area contributed by atoms with E-state index in [4.69, 9.17) is 5.73 Å². The van der Waals surface area contributed by atoms with Crippen molar-refractivity contribution in [3.05, 3.63) is 18.0 Å². The molecule has 1 rings (SSSR count). The van der Waals surface area contributed by atoms with Gasteiger partial charge in [-0.05, 0) is 31.6 Å². The smallest absolute Gasteiger partial charge is 0.0274 e. The maximum atomic E-state index is 8.73. The van der Waals surface area contributed by atoms with Crippen molar-refractivity contribution in [1.29, 1.82) is 0 Å². The van der Waals surface area contributed by atoms with E-state index in [2.05, 4.69) is 32.7 Å². The second-order valence-corrected chi connectivity index (χ2v) is 6.63. The van der Waals surface area contributed by atoms with Crippen LogP contribution in [0.5, 0.6) is 0 Å². The van der Waals surface area contributed by atoms with E-state index in [1.54, 1.807) is 0 Å². The summed E-state index contributed by atoms with van der Waals surface area (Å²) < 4.78 is 0. The zero-order valence-corrected chi connectivity index (χ0v) is 18.7. The molecule has 0 spiro atoms. The van der Waals surface area contributed by atoms with Crippen molar-refractivity contribution in [2.45, 2.75) is 78.3 Å². The molecule has 0 saturated heterocycles. The molecule has 3 heteroatoms. The molecule has 1 unspecified atom stereocenters. The van der Waals surface area contributed by atoms with Gasteiger partial charge in [0.15, 0.2) is 0 Å². The van der Waals surface area contributed by atoms with E-state index in [-0.39, 0.29) is 50.1 Å². The van der Waals surface area contributed by atoms with Gasteiger partial charge in [-0.1, -0.05) is 59.0 Å². The van der Waals surface area contributed by atoms with Crippen molar-refractivity contribution in [2.24, 2.45) is 17.8 Å². The molecule has 1 aliphatic carbocycles. The average Bonchev–Trinajstić information content (AvgIpc) is 2.68. The molecular weight excluding hydrogens is 459 g/mol. The van der Waals surface area contributed by atoms with Crippen LogP contribution in [0.3, 0.4) is 0 Å². The van der Waals surface area contributed by atoms with Crippen LogP contribution in [0, 0.1) is 61.8 Å². The van der Waals surface area contributed by atoms with Crippen molar-refractivity contribution in [3.8, 4) is 0 Å². The third-order valence-electron chi connectivity index (χ3n) is 4.57. The first-order valence-electron chi connectivity index (χ1n) is 8.12. The summed E-state index contributed by atoms with van der Waals surface area (Å²) >= 11 is 0. The van der Waals surface area contributed by atoms with E-state index in [9.17, 15) is 0 Å².